The Labute approximate surface area is 170 Å². The third kappa shape index (κ3) is 3.55. The predicted octanol–water partition coefficient (Wildman–Crippen LogP) is 5.14. The van der Waals surface area contributed by atoms with E-state index in [9.17, 15) is 0 Å². The highest BCUT2D eigenvalue weighted by Crippen LogP contribution is 2.38. The number of hydrogen-bond acceptors (Lipinski definition) is 6. The zero-order valence-corrected chi connectivity index (χ0v) is 16.4. The molecule has 1 aliphatic carbocycles. The van der Waals surface area contributed by atoms with Crippen molar-refractivity contribution in [1.29, 1.82) is 0 Å². The largest absolute Gasteiger partial charge is 0.338 e. The van der Waals surface area contributed by atoms with Crippen molar-refractivity contribution in [3.8, 4) is 17.1 Å². The summed E-state index contributed by atoms with van der Waals surface area (Å²) in [6.45, 7) is 0. The van der Waals surface area contributed by atoms with Crippen LogP contribution in [0.1, 0.15) is 30.5 Å². The van der Waals surface area contributed by atoms with Gasteiger partial charge < -0.3 is 4.52 Å². The van der Waals surface area contributed by atoms with Crippen LogP contribution >= 0.6 is 23.4 Å². The standard InChI is InChI=1S/C20H16ClN5OS/c21-15-10-8-14(9-11-15)19-23-24-20(26(19)16-4-2-1-3-5-16)28-12-17-22-18(25-27-17)13-6-7-13/h1-5,8-11,13H,6-7,12H2. The Morgan fingerprint density at radius 3 is 2.57 bits per heavy atom. The number of nitrogens with zero attached hydrogens (tertiary/aromatic N) is 5. The van der Waals surface area contributed by atoms with E-state index >= 15 is 0 Å². The highest BCUT2D eigenvalue weighted by Gasteiger charge is 2.28. The van der Waals surface area contributed by atoms with E-state index in [1.54, 1.807) is 0 Å². The second-order valence-corrected chi connectivity index (χ2v) is 7.97. The first kappa shape index (κ1) is 17.5. The molecule has 2 heterocycles. The lowest BCUT2D eigenvalue weighted by molar-refractivity contribution is 0.385. The topological polar surface area (TPSA) is 69.6 Å². The molecule has 140 valence electrons. The molecular formula is C20H16ClN5OS. The van der Waals surface area contributed by atoms with Gasteiger partial charge in [-0.05, 0) is 49.2 Å². The van der Waals surface area contributed by atoms with Gasteiger partial charge in [0.05, 0.1) is 5.75 Å². The summed E-state index contributed by atoms with van der Waals surface area (Å²) in [6, 6.07) is 17.6. The lowest BCUT2D eigenvalue weighted by atomic mass is 10.2. The van der Waals surface area contributed by atoms with Crippen LogP contribution in [0.15, 0.2) is 64.3 Å². The molecule has 2 aromatic heterocycles. The van der Waals surface area contributed by atoms with Gasteiger partial charge in [-0.2, -0.15) is 4.98 Å². The summed E-state index contributed by atoms with van der Waals surface area (Å²) in [5.41, 5.74) is 1.94. The number of aromatic nitrogens is 5. The van der Waals surface area contributed by atoms with E-state index in [0.717, 1.165) is 40.9 Å². The van der Waals surface area contributed by atoms with Crippen LogP contribution in [0.3, 0.4) is 0 Å². The summed E-state index contributed by atoms with van der Waals surface area (Å²) < 4.78 is 7.42. The maximum Gasteiger partial charge on any atom is 0.237 e. The fraction of sp³-hybridized carbons (Fsp3) is 0.200. The predicted molar refractivity (Wildman–Crippen MR) is 108 cm³/mol. The van der Waals surface area contributed by atoms with E-state index in [-0.39, 0.29) is 0 Å². The number of thioether (sulfide) groups is 1. The molecular weight excluding hydrogens is 394 g/mol. The molecule has 2 aromatic carbocycles. The first-order chi connectivity index (χ1) is 13.8. The van der Waals surface area contributed by atoms with Crippen molar-refractivity contribution in [2.75, 3.05) is 0 Å². The average Bonchev–Trinajstić information content (AvgIpc) is 3.32. The molecule has 0 bridgehead atoms. The molecule has 1 fully saturated rings. The number of rotatable bonds is 6. The zero-order chi connectivity index (χ0) is 18.9. The molecule has 0 amide bonds. The van der Waals surface area contributed by atoms with Crippen molar-refractivity contribution in [2.45, 2.75) is 29.7 Å². The molecule has 6 nitrogen and oxygen atoms in total. The van der Waals surface area contributed by atoms with Crippen LogP contribution in [0.25, 0.3) is 17.1 Å². The van der Waals surface area contributed by atoms with Crippen molar-refractivity contribution >= 4 is 23.4 Å². The third-order valence-corrected chi connectivity index (χ3v) is 5.67. The third-order valence-electron chi connectivity index (χ3n) is 4.50. The van der Waals surface area contributed by atoms with Gasteiger partial charge in [0.2, 0.25) is 5.89 Å². The van der Waals surface area contributed by atoms with Gasteiger partial charge in [0, 0.05) is 22.2 Å². The first-order valence-corrected chi connectivity index (χ1v) is 10.4. The normalized spacial score (nSPS) is 13.8. The summed E-state index contributed by atoms with van der Waals surface area (Å²) in [5, 5.41) is 14.4. The molecule has 5 rings (SSSR count). The van der Waals surface area contributed by atoms with Crippen LogP contribution in [-0.2, 0) is 5.75 Å². The molecule has 0 aliphatic heterocycles. The summed E-state index contributed by atoms with van der Waals surface area (Å²) in [5.74, 6) is 3.22. The molecule has 0 radical (unpaired) electrons. The smallest absolute Gasteiger partial charge is 0.237 e. The van der Waals surface area contributed by atoms with Gasteiger partial charge in [0.1, 0.15) is 0 Å². The SMILES string of the molecule is Clc1ccc(-c2nnc(SCc3nc(C4CC4)no3)n2-c2ccccc2)cc1. The molecule has 4 aromatic rings. The van der Waals surface area contributed by atoms with Gasteiger partial charge in [-0.1, -0.05) is 46.7 Å². The molecule has 0 unspecified atom stereocenters. The monoisotopic (exact) mass is 409 g/mol. The minimum absolute atomic E-state index is 0.479. The van der Waals surface area contributed by atoms with E-state index in [0.29, 0.717) is 22.6 Å². The molecule has 28 heavy (non-hydrogen) atoms. The highest BCUT2D eigenvalue weighted by atomic mass is 35.5. The van der Waals surface area contributed by atoms with Crippen molar-refractivity contribution in [3.63, 3.8) is 0 Å². The highest BCUT2D eigenvalue weighted by molar-refractivity contribution is 7.98. The first-order valence-electron chi connectivity index (χ1n) is 9.00. The van der Waals surface area contributed by atoms with Crippen molar-refractivity contribution < 1.29 is 4.52 Å². The summed E-state index contributed by atoms with van der Waals surface area (Å²) in [4.78, 5) is 4.49. The molecule has 0 saturated heterocycles. The van der Waals surface area contributed by atoms with Gasteiger partial charge in [-0.15, -0.1) is 10.2 Å². The molecule has 8 heteroatoms. The van der Waals surface area contributed by atoms with Crippen LogP contribution in [0.2, 0.25) is 5.02 Å². The molecule has 0 atom stereocenters. The Kier molecular flexibility index (Phi) is 4.62. The van der Waals surface area contributed by atoms with E-state index in [1.165, 1.54) is 11.8 Å². The van der Waals surface area contributed by atoms with E-state index in [2.05, 4.69) is 20.3 Å². The number of hydrogen-bond donors (Lipinski definition) is 0. The summed E-state index contributed by atoms with van der Waals surface area (Å²) in [7, 11) is 0. The summed E-state index contributed by atoms with van der Waals surface area (Å²) >= 11 is 7.56. The van der Waals surface area contributed by atoms with Gasteiger partial charge in [0.15, 0.2) is 16.8 Å². The van der Waals surface area contributed by atoms with E-state index in [4.69, 9.17) is 16.1 Å². The van der Waals surface area contributed by atoms with Gasteiger partial charge >= 0.3 is 0 Å². The average molecular weight is 410 g/mol. The Morgan fingerprint density at radius 2 is 1.82 bits per heavy atom. The van der Waals surface area contributed by atoms with Crippen LogP contribution in [0.4, 0.5) is 0 Å². The van der Waals surface area contributed by atoms with Crippen LogP contribution in [0.5, 0.6) is 0 Å². The van der Waals surface area contributed by atoms with E-state index < -0.39 is 0 Å². The van der Waals surface area contributed by atoms with Crippen LogP contribution in [-0.4, -0.2) is 24.9 Å². The molecule has 0 N–H and O–H groups in total. The second-order valence-electron chi connectivity index (χ2n) is 6.59. The number of para-hydroxylation sites is 1. The van der Waals surface area contributed by atoms with Crippen LogP contribution in [0, 0.1) is 0 Å². The van der Waals surface area contributed by atoms with Gasteiger partial charge in [-0.3, -0.25) is 4.57 Å². The summed E-state index contributed by atoms with van der Waals surface area (Å²) in [6.07, 6.45) is 2.30. The van der Waals surface area contributed by atoms with Crippen molar-refractivity contribution in [2.24, 2.45) is 0 Å². The Bertz CT molecular complexity index is 1090. The lowest BCUT2D eigenvalue weighted by Gasteiger charge is -2.09. The Hall–Kier alpha value is -2.64. The van der Waals surface area contributed by atoms with Crippen molar-refractivity contribution in [1.82, 2.24) is 24.9 Å². The number of halogens is 1. The van der Waals surface area contributed by atoms with Gasteiger partial charge in [-0.25, -0.2) is 0 Å². The quantitative estimate of drug-likeness (QED) is 0.410. The van der Waals surface area contributed by atoms with Crippen molar-refractivity contribution in [3.05, 3.63) is 71.3 Å². The number of benzene rings is 2. The minimum Gasteiger partial charge on any atom is -0.338 e. The second kappa shape index (κ2) is 7.41. The van der Waals surface area contributed by atoms with Gasteiger partial charge in [0.25, 0.3) is 0 Å². The minimum atomic E-state index is 0.479. The maximum atomic E-state index is 6.04. The lowest BCUT2D eigenvalue weighted by Crippen LogP contribution is -1.99. The zero-order valence-electron chi connectivity index (χ0n) is 14.8. The fourth-order valence-corrected chi connectivity index (χ4v) is 3.83. The Balaban J connectivity index is 1.47. The Morgan fingerprint density at radius 1 is 1.04 bits per heavy atom. The molecule has 0 spiro atoms. The fourth-order valence-electron chi connectivity index (χ4n) is 2.92. The molecule has 1 saturated carbocycles. The molecule has 1 aliphatic rings. The van der Waals surface area contributed by atoms with Crippen LogP contribution < -0.4 is 0 Å². The van der Waals surface area contributed by atoms with E-state index in [1.807, 2.05) is 59.2 Å². The maximum absolute atomic E-state index is 6.04.